The molecule has 0 aromatic heterocycles. The van der Waals surface area contributed by atoms with Gasteiger partial charge in [-0.1, -0.05) is 0 Å². The predicted molar refractivity (Wildman–Crippen MR) is 87.2 cm³/mol. The topological polar surface area (TPSA) is 9.72 Å². The summed E-state index contributed by atoms with van der Waals surface area (Å²) in [7, 11) is 0. The van der Waals surface area contributed by atoms with Crippen LogP contribution in [0.15, 0.2) is 0 Å². The van der Waals surface area contributed by atoms with Gasteiger partial charge >= 0.3 is 0 Å². The van der Waals surface area contributed by atoms with E-state index in [2.05, 4.69) is 56.2 Å². The van der Waals surface area contributed by atoms with Gasteiger partial charge in [0, 0.05) is 43.3 Å². The minimum atomic E-state index is 0.678. The molecule has 20 heavy (non-hydrogen) atoms. The highest BCUT2D eigenvalue weighted by molar-refractivity contribution is 4.91. The molecule has 0 unspecified atom stereocenters. The first-order chi connectivity index (χ1) is 9.40. The third-order valence-electron chi connectivity index (χ3n) is 5.44. The first kappa shape index (κ1) is 16.3. The van der Waals surface area contributed by atoms with Gasteiger partial charge in [-0.05, 0) is 67.5 Å². The van der Waals surface area contributed by atoms with Crippen LogP contribution in [0.5, 0.6) is 0 Å². The van der Waals surface area contributed by atoms with Crippen molar-refractivity contribution in [3.05, 3.63) is 0 Å². The molecule has 2 aliphatic rings. The maximum Gasteiger partial charge on any atom is 0.0198 e. The quantitative estimate of drug-likeness (QED) is 0.787. The predicted octanol–water partition coefficient (Wildman–Crippen LogP) is 2.66. The third kappa shape index (κ3) is 3.55. The molecule has 0 N–H and O–H groups in total. The maximum absolute atomic E-state index is 2.81. The number of hydrogen-bond acceptors (Lipinski definition) is 3. The summed E-state index contributed by atoms with van der Waals surface area (Å²) in [5.74, 6) is 0. The van der Waals surface area contributed by atoms with Crippen molar-refractivity contribution >= 4 is 0 Å². The molecule has 2 fully saturated rings. The minimum Gasteiger partial charge on any atom is -0.301 e. The van der Waals surface area contributed by atoms with Crippen molar-refractivity contribution in [1.29, 1.82) is 0 Å². The Morgan fingerprint density at radius 3 is 1.90 bits per heavy atom. The van der Waals surface area contributed by atoms with Crippen molar-refractivity contribution in [2.45, 2.75) is 84.6 Å². The smallest absolute Gasteiger partial charge is 0.0198 e. The SMILES string of the molecule is CC(C)N1CCC(N2C[C@H](C)N(C(C)C)C[C@@H]2C)CC1. The molecule has 2 saturated heterocycles. The largest absolute Gasteiger partial charge is 0.301 e. The van der Waals surface area contributed by atoms with Crippen LogP contribution >= 0.6 is 0 Å². The Balaban J connectivity index is 1.91. The molecule has 0 spiro atoms. The Morgan fingerprint density at radius 1 is 0.800 bits per heavy atom. The summed E-state index contributed by atoms with van der Waals surface area (Å²) in [5.41, 5.74) is 0. The minimum absolute atomic E-state index is 0.678. The van der Waals surface area contributed by atoms with Gasteiger partial charge in [0.2, 0.25) is 0 Å². The second kappa shape index (κ2) is 6.76. The lowest BCUT2D eigenvalue weighted by atomic mass is 9.97. The molecule has 3 heteroatoms. The van der Waals surface area contributed by atoms with Gasteiger partial charge in [0.25, 0.3) is 0 Å². The van der Waals surface area contributed by atoms with Gasteiger partial charge in [0.1, 0.15) is 0 Å². The van der Waals surface area contributed by atoms with Crippen molar-refractivity contribution in [2.24, 2.45) is 0 Å². The van der Waals surface area contributed by atoms with Crippen LogP contribution in [0.1, 0.15) is 54.4 Å². The number of hydrogen-bond donors (Lipinski definition) is 0. The fourth-order valence-electron chi connectivity index (χ4n) is 4.14. The normalized spacial score (nSPS) is 32.4. The summed E-state index contributed by atoms with van der Waals surface area (Å²) < 4.78 is 0. The highest BCUT2D eigenvalue weighted by atomic mass is 15.3. The number of rotatable bonds is 3. The Bertz CT molecular complexity index is 295. The summed E-state index contributed by atoms with van der Waals surface area (Å²) in [5, 5.41) is 0. The second-order valence-corrected chi connectivity index (χ2v) is 7.55. The zero-order valence-corrected chi connectivity index (χ0v) is 14.5. The van der Waals surface area contributed by atoms with Crippen molar-refractivity contribution in [3.63, 3.8) is 0 Å². The summed E-state index contributed by atoms with van der Waals surface area (Å²) in [6, 6.07) is 3.62. The average Bonchev–Trinajstić information content (AvgIpc) is 2.40. The van der Waals surface area contributed by atoms with E-state index < -0.39 is 0 Å². The zero-order chi connectivity index (χ0) is 14.9. The molecule has 0 bridgehead atoms. The van der Waals surface area contributed by atoms with Crippen LogP contribution in [0.25, 0.3) is 0 Å². The van der Waals surface area contributed by atoms with Gasteiger partial charge < -0.3 is 4.90 Å². The lowest BCUT2D eigenvalue weighted by molar-refractivity contribution is -0.0190. The van der Waals surface area contributed by atoms with E-state index in [1.165, 1.54) is 39.0 Å². The molecule has 2 atom stereocenters. The summed E-state index contributed by atoms with van der Waals surface area (Å²) in [6.07, 6.45) is 2.72. The van der Waals surface area contributed by atoms with Crippen LogP contribution in [0.4, 0.5) is 0 Å². The van der Waals surface area contributed by atoms with Crippen LogP contribution in [0, 0.1) is 0 Å². The van der Waals surface area contributed by atoms with Gasteiger partial charge in [0.15, 0.2) is 0 Å². The Labute approximate surface area is 126 Å². The Morgan fingerprint density at radius 2 is 1.40 bits per heavy atom. The van der Waals surface area contributed by atoms with Crippen molar-refractivity contribution in [1.82, 2.24) is 14.7 Å². The van der Waals surface area contributed by atoms with Crippen molar-refractivity contribution < 1.29 is 0 Å². The fraction of sp³-hybridized carbons (Fsp3) is 1.00. The molecular weight excluding hydrogens is 246 g/mol. The molecule has 0 aromatic rings. The highest BCUT2D eigenvalue weighted by Crippen LogP contribution is 2.25. The molecule has 2 rings (SSSR count). The van der Waals surface area contributed by atoms with E-state index in [0.29, 0.717) is 24.2 Å². The first-order valence-electron chi connectivity index (χ1n) is 8.65. The standard InChI is InChI=1S/C17H35N3/c1-13(2)18-9-7-17(8-10-18)20-12-15(5)19(14(3)4)11-16(20)6/h13-17H,7-12H2,1-6H3/t15-,16-/m0/s1. The molecule has 0 amide bonds. The molecular formula is C17H35N3. The van der Waals surface area contributed by atoms with Crippen LogP contribution in [0.2, 0.25) is 0 Å². The van der Waals surface area contributed by atoms with E-state index in [-0.39, 0.29) is 0 Å². The molecule has 0 aliphatic carbocycles. The van der Waals surface area contributed by atoms with E-state index in [9.17, 15) is 0 Å². The molecule has 118 valence electrons. The van der Waals surface area contributed by atoms with Crippen LogP contribution < -0.4 is 0 Å². The molecule has 2 heterocycles. The Kier molecular flexibility index (Phi) is 5.49. The lowest BCUT2D eigenvalue weighted by Gasteiger charge is -2.50. The van der Waals surface area contributed by atoms with E-state index in [1.807, 2.05) is 0 Å². The van der Waals surface area contributed by atoms with Crippen LogP contribution in [-0.2, 0) is 0 Å². The van der Waals surface area contributed by atoms with E-state index in [0.717, 1.165) is 6.04 Å². The second-order valence-electron chi connectivity index (χ2n) is 7.55. The lowest BCUT2D eigenvalue weighted by Crippen LogP contribution is -2.62. The highest BCUT2D eigenvalue weighted by Gasteiger charge is 2.35. The molecule has 0 aromatic carbocycles. The third-order valence-corrected chi connectivity index (χ3v) is 5.44. The number of piperazine rings is 1. The van der Waals surface area contributed by atoms with Crippen LogP contribution in [0.3, 0.4) is 0 Å². The van der Waals surface area contributed by atoms with Crippen molar-refractivity contribution in [2.75, 3.05) is 26.2 Å². The fourth-order valence-corrected chi connectivity index (χ4v) is 4.14. The molecule has 0 saturated carbocycles. The van der Waals surface area contributed by atoms with Gasteiger partial charge in [-0.25, -0.2) is 0 Å². The van der Waals surface area contributed by atoms with Crippen molar-refractivity contribution in [3.8, 4) is 0 Å². The zero-order valence-electron chi connectivity index (χ0n) is 14.5. The average molecular weight is 281 g/mol. The summed E-state index contributed by atoms with van der Waals surface area (Å²) in [4.78, 5) is 8.11. The van der Waals surface area contributed by atoms with E-state index in [4.69, 9.17) is 0 Å². The number of nitrogens with zero attached hydrogens (tertiary/aromatic N) is 3. The molecule has 2 aliphatic heterocycles. The van der Waals surface area contributed by atoms with E-state index in [1.54, 1.807) is 0 Å². The monoisotopic (exact) mass is 281 g/mol. The molecule has 3 nitrogen and oxygen atoms in total. The van der Waals surface area contributed by atoms with Gasteiger partial charge in [-0.2, -0.15) is 0 Å². The van der Waals surface area contributed by atoms with Gasteiger partial charge in [-0.15, -0.1) is 0 Å². The number of piperidine rings is 1. The van der Waals surface area contributed by atoms with E-state index >= 15 is 0 Å². The van der Waals surface area contributed by atoms with Crippen LogP contribution in [-0.4, -0.2) is 71.1 Å². The van der Waals surface area contributed by atoms with Gasteiger partial charge in [-0.3, -0.25) is 9.80 Å². The first-order valence-corrected chi connectivity index (χ1v) is 8.65. The summed E-state index contributed by atoms with van der Waals surface area (Å²) in [6.45, 7) is 19.2. The maximum atomic E-state index is 2.81. The molecule has 0 radical (unpaired) electrons. The Hall–Kier alpha value is -0.120. The van der Waals surface area contributed by atoms with Gasteiger partial charge in [0.05, 0.1) is 0 Å². The number of likely N-dealkylation sites (tertiary alicyclic amines) is 1. The summed E-state index contributed by atoms with van der Waals surface area (Å²) >= 11 is 0.